The average Bonchev–Trinajstić information content (AvgIpc) is 3.66. The standard InChI is InChI=1S/C34H50N6O6.ClH/c1-34(36-2,33(35)44)28(22-10-7-6-8-11-22)31(42)38-16-18-39(19-17-38)32(43)29-27(30(41)40-15-9-12-23(40)21-45-4)25-14-13-24(46-5)20-26(25)37(29)3;/h13-14,20,22-23,28,36H,6-12,15-19,21H2,1-5H3,(H2,35,44);1H/t23-,28+,34?;/m0./s1. The Balaban J connectivity index is 0.00000500. The van der Waals surface area contributed by atoms with E-state index in [1.807, 2.05) is 23.1 Å². The second-order valence-electron chi connectivity index (χ2n) is 13.2. The van der Waals surface area contributed by atoms with Gasteiger partial charge in [0.15, 0.2) is 0 Å². The number of ether oxygens (including phenoxy) is 2. The number of piperazine rings is 1. The van der Waals surface area contributed by atoms with Crippen LogP contribution < -0.4 is 15.8 Å². The molecule has 2 aromatic rings. The number of amides is 4. The second-order valence-corrected chi connectivity index (χ2v) is 13.2. The minimum atomic E-state index is -1.18. The van der Waals surface area contributed by atoms with Crippen LogP contribution in [0.5, 0.6) is 5.75 Å². The molecule has 1 aromatic carbocycles. The van der Waals surface area contributed by atoms with Gasteiger partial charge in [0.05, 0.1) is 36.8 Å². The number of carbonyl (C=O) groups excluding carboxylic acids is 4. The van der Waals surface area contributed by atoms with Crippen LogP contribution in [0, 0.1) is 11.8 Å². The Morgan fingerprint density at radius 3 is 2.21 bits per heavy atom. The van der Waals surface area contributed by atoms with Crippen LogP contribution in [0.15, 0.2) is 18.2 Å². The molecule has 13 heteroatoms. The highest BCUT2D eigenvalue weighted by atomic mass is 35.5. The maximum Gasteiger partial charge on any atom is 0.271 e. The van der Waals surface area contributed by atoms with Crippen LogP contribution in [-0.4, -0.2) is 115 Å². The molecule has 0 spiro atoms. The van der Waals surface area contributed by atoms with Gasteiger partial charge in [0, 0.05) is 58.3 Å². The minimum Gasteiger partial charge on any atom is -0.497 e. The third kappa shape index (κ3) is 6.82. The lowest BCUT2D eigenvalue weighted by molar-refractivity contribution is -0.147. The number of hydrogen-bond acceptors (Lipinski definition) is 7. The quantitative estimate of drug-likeness (QED) is 0.395. The summed E-state index contributed by atoms with van der Waals surface area (Å²) < 4.78 is 12.7. The smallest absolute Gasteiger partial charge is 0.271 e. The van der Waals surface area contributed by atoms with Gasteiger partial charge in [-0.15, -0.1) is 12.4 Å². The van der Waals surface area contributed by atoms with Gasteiger partial charge in [-0.1, -0.05) is 19.3 Å². The van der Waals surface area contributed by atoms with E-state index in [0.29, 0.717) is 61.7 Å². The summed E-state index contributed by atoms with van der Waals surface area (Å²) in [6, 6.07) is 5.45. The lowest BCUT2D eigenvalue weighted by Gasteiger charge is -2.44. The van der Waals surface area contributed by atoms with E-state index in [1.54, 1.807) is 49.6 Å². The highest BCUT2D eigenvalue weighted by Gasteiger charge is 2.49. The number of benzene rings is 1. The van der Waals surface area contributed by atoms with Crippen LogP contribution in [-0.2, 0) is 21.4 Å². The van der Waals surface area contributed by atoms with E-state index in [-0.39, 0.29) is 42.1 Å². The lowest BCUT2D eigenvalue weighted by atomic mass is 9.69. The fourth-order valence-corrected chi connectivity index (χ4v) is 7.92. The molecule has 3 N–H and O–H groups in total. The molecule has 0 bridgehead atoms. The van der Waals surface area contributed by atoms with Gasteiger partial charge >= 0.3 is 0 Å². The Labute approximate surface area is 283 Å². The van der Waals surface area contributed by atoms with E-state index < -0.39 is 17.4 Å². The molecular formula is C34H51ClN6O6. The van der Waals surface area contributed by atoms with E-state index in [1.165, 1.54) is 0 Å². The predicted molar refractivity (Wildman–Crippen MR) is 182 cm³/mol. The van der Waals surface area contributed by atoms with Crippen molar-refractivity contribution in [2.24, 2.45) is 24.6 Å². The molecule has 3 heterocycles. The van der Waals surface area contributed by atoms with Gasteiger partial charge < -0.3 is 39.8 Å². The third-order valence-electron chi connectivity index (χ3n) is 10.7. The average molecular weight is 675 g/mol. The van der Waals surface area contributed by atoms with Gasteiger partial charge in [0.25, 0.3) is 11.8 Å². The SMILES string of the molecule is CNC(C)(C(N)=O)[C@@H](C(=O)N1CCN(C(=O)c2c(C(=O)N3CCC[C@H]3COC)c3ccc(OC)cc3n2C)CC1)C1CCCCC1.Cl. The first kappa shape index (κ1) is 36.5. The first-order chi connectivity index (χ1) is 22.1. The van der Waals surface area contributed by atoms with Crippen LogP contribution in [0.3, 0.4) is 0 Å². The fraction of sp³-hybridized carbons (Fsp3) is 0.647. The number of nitrogens with one attached hydrogen (secondary N) is 1. The molecule has 3 fully saturated rings. The number of methoxy groups -OCH3 is 2. The summed E-state index contributed by atoms with van der Waals surface area (Å²) in [5.41, 5.74) is 6.15. The van der Waals surface area contributed by atoms with Crippen molar-refractivity contribution in [3.05, 3.63) is 29.5 Å². The summed E-state index contributed by atoms with van der Waals surface area (Å²) in [7, 11) is 6.71. The number of rotatable bonds is 10. The largest absolute Gasteiger partial charge is 0.497 e. The van der Waals surface area contributed by atoms with Crippen molar-refractivity contribution in [1.82, 2.24) is 24.6 Å². The van der Waals surface area contributed by atoms with Crippen molar-refractivity contribution in [3.63, 3.8) is 0 Å². The molecule has 1 unspecified atom stereocenters. The van der Waals surface area contributed by atoms with Crippen molar-refractivity contribution < 1.29 is 28.7 Å². The molecule has 1 aromatic heterocycles. The summed E-state index contributed by atoms with van der Waals surface area (Å²) in [4.78, 5) is 60.8. The maximum absolute atomic E-state index is 14.3. The Kier molecular flexibility index (Phi) is 11.8. The van der Waals surface area contributed by atoms with E-state index in [2.05, 4.69) is 5.32 Å². The number of likely N-dealkylation sites (tertiary alicyclic amines) is 1. The number of fused-ring (bicyclic) bond motifs is 1. The predicted octanol–water partition coefficient (Wildman–Crippen LogP) is 2.80. The first-order valence-electron chi connectivity index (χ1n) is 16.6. The molecular weight excluding hydrogens is 624 g/mol. The summed E-state index contributed by atoms with van der Waals surface area (Å²) in [5, 5.41) is 3.78. The zero-order valence-electron chi connectivity index (χ0n) is 28.4. The van der Waals surface area contributed by atoms with E-state index in [0.717, 1.165) is 50.5 Å². The molecule has 260 valence electrons. The summed E-state index contributed by atoms with van der Waals surface area (Å²) in [6.45, 7) is 4.05. The maximum atomic E-state index is 14.3. The third-order valence-corrected chi connectivity index (χ3v) is 10.7. The number of nitrogens with zero attached hydrogens (tertiary/aromatic N) is 4. The van der Waals surface area contributed by atoms with Crippen LogP contribution in [0.4, 0.5) is 0 Å². The summed E-state index contributed by atoms with van der Waals surface area (Å²) in [6.07, 6.45) is 6.66. The van der Waals surface area contributed by atoms with Gasteiger partial charge in [0.2, 0.25) is 11.8 Å². The van der Waals surface area contributed by atoms with E-state index >= 15 is 0 Å². The van der Waals surface area contributed by atoms with Crippen LogP contribution in [0.1, 0.15) is 72.7 Å². The summed E-state index contributed by atoms with van der Waals surface area (Å²) >= 11 is 0. The zero-order valence-corrected chi connectivity index (χ0v) is 29.2. The number of hydrogen-bond donors (Lipinski definition) is 2. The number of aryl methyl sites for hydroxylation is 1. The van der Waals surface area contributed by atoms with E-state index in [4.69, 9.17) is 15.2 Å². The molecule has 5 rings (SSSR count). The number of likely N-dealkylation sites (N-methyl/N-ethyl adjacent to an activating group) is 1. The second kappa shape index (κ2) is 15.3. The Morgan fingerprint density at radius 2 is 1.62 bits per heavy atom. The molecule has 1 saturated carbocycles. The molecule has 2 saturated heterocycles. The zero-order chi connectivity index (χ0) is 33.2. The lowest BCUT2D eigenvalue weighted by Crippen LogP contribution is -2.64. The summed E-state index contributed by atoms with van der Waals surface area (Å²) in [5.74, 6) is -0.968. The monoisotopic (exact) mass is 674 g/mol. The minimum absolute atomic E-state index is 0. The van der Waals surface area contributed by atoms with Crippen molar-refractivity contribution in [2.75, 3.05) is 60.6 Å². The van der Waals surface area contributed by atoms with E-state index in [9.17, 15) is 19.2 Å². The van der Waals surface area contributed by atoms with Gasteiger partial charge in [0.1, 0.15) is 17.0 Å². The van der Waals surface area contributed by atoms with Crippen LogP contribution in [0.25, 0.3) is 10.9 Å². The highest BCUT2D eigenvalue weighted by Crippen LogP contribution is 2.38. The normalized spacial score (nSPS) is 20.9. The number of carbonyl (C=O) groups is 4. The topological polar surface area (TPSA) is 139 Å². The van der Waals surface area contributed by atoms with Crippen molar-refractivity contribution >= 4 is 46.9 Å². The molecule has 12 nitrogen and oxygen atoms in total. The molecule has 47 heavy (non-hydrogen) atoms. The van der Waals surface area contributed by atoms with Crippen molar-refractivity contribution in [2.45, 2.75) is 63.5 Å². The molecule has 0 radical (unpaired) electrons. The molecule has 4 amide bonds. The highest BCUT2D eigenvalue weighted by molar-refractivity contribution is 6.16. The van der Waals surface area contributed by atoms with Crippen molar-refractivity contribution in [1.29, 1.82) is 0 Å². The molecule has 3 aliphatic rings. The van der Waals surface area contributed by atoms with Gasteiger partial charge in [-0.25, -0.2) is 0 Å². The molecule has 1 aliphatic carbocycles. The van der Waals surface area contributed by atoms with Gasteiger partial charge in [-0.2, -0.15) is 0 Å². The Morgan fingerprint density at radius 1 is 0.957 bits per heavy atom. The number of nitrogens with two attached hydrogens (primary N) is 1. The van der Waals surface area contributed by atoms with Crippen LogP contribution in [0.2, 0.25) is 0 Å². The number of aromatic nitrogens is 1. The first-order valence-corrected chi connectivity index (χ1v) is 16.6. The Bertz CT molecular complexity index is 1470. The number of halogens is 1. The van der Waals surface area contributed by atoms with Gasteiger partial charge in [-0.05, 0) is 57.7 Å². The number of primary amides is 1. The molecule has 3 atom stereocenters. The van der Waals surface area contributed by atoms with Gasteiger partial charge in [-0.3, -0.25) is 19.2 Å². The van der Waals surface area contributed by atoms with Crippen molar-refractivity contribution in [3.8, 4) is 5.75 Å². The fourth-order valence-electron chi connectivity index (χ4n) is 7.92. The Hall–Kier alpha value is -3.35. The van der Waals surface area contributed by atoms with Crippen LogP contribution >= 0.6 is 12.4 Å². The molecule has 2 aliphatic heterocycles.